The zero-order valence-electron chi connectivity index (χ0n) is 10.4. The number of nitrogens with one attached hydrogen (secondary N) is 1. The molecule has 17 heavy (non-hydrogen) atoms. The number of hydrogen-bond acceptors (Lipinski definition) is 1. The van der Waals surface area contributed by atoms with Crippen molar-refractivity contribution < 1.29 is 0 Å². The van der Waals surface area contributed by atoms with E-state index in [0.717, 1.165) is 28.5 Å². The van der Waals surface area contributed by atoms with Gasteiger partial charge in [0.1, 0.15) is 0 Å². The van der Waals surface area contributed by atoms with Crippen molar-refractivity contribution >= 4 is 27.5 Å². The van der Waals surface area contributed by atoms with Crippen molar-refractivity contribution in [3.8, 4) is 0 Å². The molecule has 0 bridgehead atoms. The van der Waals surface area contributed by atoms with Gasteiger partial charge in [0.2, 0.25) is 0 Å². The molecule has 0 spiro atoms. The molecule has 1 aliphatic carbocycles. The lowest BCUT2D eigenvalue weighted by atomic mass is 9.95. The average molecular weight is 317 g/mol. The highest BCUT2D eigenvalue weighted by Crippen LogP contribution is 2.55. The van der Waals surface area contributed by atoms with Gasteiger partial charge in [-0.05, 0) is 55.0 Å². The topological polar surface area (TPSA) is 12.0 Å². The van der Waals surface area contributed by atoms with Gasteiger partial charge in [-0.25, -0.2) is 0 Å². The highest BCUT2D eigenvalue weighted by molar-refractivity contribution is 9.10. The monoisotopic (exact) mass is 315 g/mol. The van der Waals surface area contributed by atoms with Crippen molar-refractivity contribution in [3.05, 3.63) is 33.3 Å². The molecule has 0 aliphatic heterocycles. The minimum absolute atomic E-state index is 0.276. The van der Waals surface area contributed by atoms with Gasteiger partial charge in [-0.1, -0.05) is 47.4 Å². The Labute approximate surface area is 117 Å². The van der Waals surface area contributed by atoms with Crippen LogP contribution in [0.1, 0.15) is 32.3 Å². The van der Waals surface area contributed by atoms with Crippen molar-refractivity contribution in [2.24, 2.45) is 5.92 Å². The van der Waals surface area contributed by atoms with E-state index >= 15 is 0 Å². The molecule has 1 aromatic carbocycles. The van der Waals surface area contributed by atoms with Gasteiger partial charge in [0.05, 0.1) is 0 Å². The van der Waals surface area contributed by atoms with E-state index in [4.69, 9.17) is 11.6 Å². The average Bonchev–Trinajstić information content (AvgIpc) is 2.90. The summed E-state index contributed by atoms with van der Waals surface area (Å²) in [6.07, 6.45) is 2.44. The lowest BCUT2D eigenvalue weighted by Crippen LogP contribution is -2.21. The number of benzene rings is 1. The van der Waals surface area contributed by atoms with Crippen molar-refractivity contribution in [3.63, 3.8) is 0 Å². The zero-order chi connectivity index (χ0) is 12.5. The van der Waals surface area contributed by atoms with E-state index in [1.54, 1.807) is 0 Å². The molecule has 0 heterocycles. The largest absolute Gasteiger partial charge is 0.316 e. The van der Waals surface area contributed by atoms with Crippen molar-refractivity contribution in [1.82, 2.24) is 5.32 Å². The van der Waals surface area contributed by atoms with Crippen molar-refractivity contribution in [1.29, 1.82) is 0 Å². The molecule has 1 aliphatic rings. The van der Waals surface area contributed by atoms with Crippen LogP contribution in [0.3, 0.4) is 0 Å². The van der Waals surface area contributed by atoms with E-state index < -0.39 is 0 Å². The molecule has 2 unspecified atom stereocenters. The Morgan fingerprint density at radius 2 is 2.29 bits per heavy atom. The first kappa shape index (κ1) is 13.4. The third-order valence-electron chi connectivity index (χ3n) is 3.78. The fraction of sp³-hybridized carbons (Fsp3) is 0.571. The molecule has 0 radical (unpaired) electrons. The summed E-state index contributed by atoms with van der Waals surface area (Å²) >= 11 is 9.78. The summed E-state index contributed by atoms with van der Waals surface area (Å²) in [6.45, 7) is 6.74. The van der Waals surface area contributed by atoms with Gasteiger partial charge in [-0.15, -0.1) is 0 Å². The van der Waals surface area contributed by atoms with E-state index in [1.165, 1.54) is 18.4 Å². The fourth-order valence-corrected chi connectivity index (χ4v) is 3.38. The Bertz CT molecular complexity index is 407. The van der Waals surface area contributed by atoms with Crippen LogP contribution in [-0.4, -0.2) is 13.1 Å². The summed E-state index contributed by atoms with van der Waals surface area (Å²) in [5.41, 5.74) is 1.57. The molecule has 3 heteroatoms. The van der Waals surface area contributed by atoms with Gasteiger partial charge in [0.15, 0.2) is 0 Å². The molecule has 1 nitrogen and oxygen atoms in total. The molecular weight excluding hydrogens is 298 g/mol. The van der Waals surface area contributed by atoms with E-state index in [0.29, 0.717) is 0 Å². The molecule has 2 atom stereocenters. The van der Waals surface area contributed by atoms with Crippen LogP contribution in [0.4, 0.5) is 0 Å². The van der Waals surface area contributed by atoms with Gasteiger partial charge in [-0.2, -0.15) is 0 Å². The van der Waals surface area contributed by atoms with E-state index in [2.05, 4.69) is 47.2 Å². The second-order valence-electron chi connectivity index (χ2n) is 5.15. The molecule has 1 fully saturated rings. The molecular formula is C14H19BrClN. The maximum absolute atomic E-state index is 6.33. The second kappa shape index (κ2) is 5.29. The maximum Gasteiger partial charge on any atom is 0.0454 e. The normalized spacial score (nSPS) is 27.2. The summed E-state index contributed by atoms with van der Waals surface area (Å²) in [5, 5.41) is 4.39. The molecule has 1 saturated carbocycles. The van der Waals surface area contributed by atoms with Crippen LogP contribution < -0.4 is 5.32 Å². The Morgan fingerprint density at radius 1 is 1.53 bits per heavy atom. The number of halogens is 2. The predicted octanol–water partition coefficient (Wildman–Crippen LogP) is 4.38. The molecule has 0 aromatic heterocycles. The standard InChI is InChI=1S/C14H19BrClN/c1-3-6-17-9-10-8-14(10,2)12-5-4-11(15)7-13(12)16/h4-5,7,10,17H,3,6,8-9H2,1-2H3. The van der Waals surface area contributed by atoms with Crippen LogP contribution in [0.25, 0.3) is 0 Å². The zero-order valence-corrected chi connectivity index (χ0v) is 12.7. The summed E-state index contributed by atoms with van der Waals surface area (Å²) in [7, 11) is 0. The third-order valence-corrected chi connectivity index (χ3v) is 4.58. The SMILES string of the molecule is CCCNCC1CC1(C)c1ccc(Br)cc1Cl. The Kier molecular flexibility index (Phi) is 4.17. The number of rotatable bonds is 5. The Balaban J connectivity index is 2.03. The van der Waals surface area contributed by atoms with Gasteiger partial charge < -0.3 is 5.32 Å². The highest BCUT2D eigenvalue weighted by Gasteiger charge is 2.51. The van der Waals surface area contributed by atoms with Gasteiger partial charge in [-0.3, -0.25) is 0 Å². The van der Waals surface area contributed by atoms with Crippen LogP contribution in [-0.2, 0) is 5.41 Å². The van der Waals surface area contributed by atoms with Crippen molar-refractivity contribution in [2.45, 2.75) is 32.1 Å². The van der Waals surface area contributed by atoms with Crippen molar-refractivity contribution in [2.75, 3.05) is 13.1 Å². The second-order valence-corrected chi connectivity index (χ2v) is 6.47. The lowest BCUT2D eigenvalue weighted by molar-refractivity contribution is 0.575. The first-order valence-electron chi connectivity index (χ1n) is 6.24. The molecule has 0 amide bonds. The summed E-state index contributed by atoms with van der Waals surface area (Å²) in [6, 6.07) is 6.24. The van der Waals surface area contributed by atoms with Crippen LogP contribution in [0.15, 0.2) is 22.7 Å². The lowest BCUT2D eigenvalue weighted by Gasteiger charge is -2.14. The summed E-state index contributed by atoms with van der Waals surface area (Å²) < 4.78 is 1.05. The predicted molar refractivity (Wildman–Crippen MR) is 77.8 cm³/mol. The molecule has 1 aromatic rings. The van der Waals surface area contributed by atoms with Gasteiger partial charge >= 0.3 is 0 Å². The molecule has 0 saturated heterocycles. The van der Waals surface area contributed by atoms with Crippen LogP contribution in [0.5, 0.6) is 0 Å². The summed E-state index contributed by atoms with van der Waals surface area (Å²) in [4.78, 5) is 0. The minimum Gasteiger partial charge on any atom is -0.316 e. The first-order chi connectivity index (χ1) is 8.08. The van der Waals surface area contributed by atoms with Gasteiger partial charge in [0, 0.05) is 9.50 Å². The Morgan fingerprint density at radius 3 is 2.94 bits per heavy atom. The van der Waals surface area contributed by atoms with E-state index in [1.807, 2.05) is 6.07 Å². The molecule has 2 rings (SSSR count). The van der Waals surface area contributed by atoms with Crippen LogP contribution in [0.2, 0.25) is 5.02 Å². The smallest absolute Gasteiger partial charge is 0.0454 e. The maximum atomic E-state index is 6.33. The molecule has 1 N–H and O–H groups in total. The molecule has 94 valence electrons. The Hall–Kier alpha value is -0.0500. The fourth-order valence-electron chi connectivity index (χ4n) is 2.49. The van der Waals surface area contributed by atoms with Gasteiger partial charge in [0.25, 0.3) is 0 Å². The third kappa shape index (κ3) is 2.86. The first-order valence-corrected chi connectivity index (χ1v) is 7.41. The highest BCUT2D eigenvalue weighted by atomic mass is 79.9. The van der Waals surface area contributed by atoms with Crippen LogP contribution in [0, 0.1) is 5.92 Å². The van der Waals surface area contributed by atoms with E-state index in [9.17, 15) is 0 Å². The van der Waals surface area contributed by atoms with E-state index in [-0.39, 0.29) is 5.41 Å². The quantitative estimate of drug-likeness (QED) is 0.795. The number of hydrogen-bond donors (Lipinski definition) is 1. The minimum atomic E-state index is 0.276. The van der Waals surface area contributed by atoms with Crippen LogP contribution >= 0.6 is 27.5 Å². The summed E-state index contributed by atoms with van der Waals surface area (Å²) in [5.74, 6) is 0.729.